The molecule has 17 heavy (non-hydrogen) atoms. The van der Waals surface area contributed by atoms with E-state index in [0.717, 1.165) is 16.6 Å². The Balaban J connectivity index is 1.87. The van der Waals surface area contributed by atoms with E-state index < -0.39 is 0 Å². The number of halogens is 1. The summed E-state index contributed by atoms with van der Waals surface area (Å²) in [5.41, 5.74) is 2.38. The highest BCUT2D eigenvalue weighted by Crippen LogP contribution is 2.21. The standard InChI is InChI=1S/C13H15BrN2O/c1-10-7-12(3-4-13(10)14)17-6-5-11-8-15-16(2)9-11/h3-4,7-9H,5-6H2,1-2H3. The molecular weight excluding hydrogens is 280 g/mol. The number of benzene rings is 1. The van der Waals surface area contributed by atoms with Crippen LogP contribution in [0.2, 0.25) is 0 Å². The average Bonchev–Trinajstić information content (AvgIpc) is 2.70. The highest BCUT2D eigenvalue weighted by molar-refractivity contribution is 9.10. The summed E-state index contributed by atoms with van der Waals surface area (Å²) in [6.45, 7) is 2.73. The van der Waals surface area contributed by atoms with Gasteiger partial charge in [-0.25, -0.2) is 0 Å². The summed E-state index contributed by atoms with van der Waals surface area (Å²) in [4.78, 5) is 0. The van der Waals surface area contributed by atoms with E-state index >= 15 is 0 Å². The van der Waals surface area contributed by atoms with Crippen molar-refractivity contribution in [2.75, 3.05) is 6.61 Å². The summed E-state index contributed by atoms with van der Waals surface area (Å²) >= 11 is 3.47. The van der Waals surface area contributed by atoms with Crippen LogP contribution in [0.3, 0.4) is 0 Å². The third-order valence-electron chi connectivity index (χ3n) is 2.55. The second-order valence-electron chi connectivity index (χ2n) is 4.03. The van der Waals surface area contributed by atoms with Crippen molar-refractivity contribution in [2.45, 2.75) is 13.3 Å². The molecule has 0 radical (unpaired) electrons. The van der Waals surface area contributed by atoms with Crippen LogP contribution in [-0.2, 0) is 13.5 Å². The van der Waals surface area contributed by atoms with Crippen LogP contribution in [0.5, 0.6) is 5.75 Å². The summed E-state index contributed by atoms with van der Waals surface area (Å²) < 4.78 is 8.61. The molecule has 1 aromatic carbocycles. The monoisotopic (exact) mass is 294 g/mol. The zero-order valence-corrected chi connectivity index (χ0v) is 11.6. The molecule has 0 bridgehead atoms. The second kappa shape index (κ2) is 5.36. The second-order valence-corrected chi connectivity index (χ2v) is 4.89. The quantitative estimate of drug-likeness (QED) is 0.866. The van der Waals surface area contributed by atoms with Gasteiger partial charge in [-0.1, -0.05) is 15.9 Å². The Morgan fingerprint density at radius 3 is 2.88 bits per heavy atom. The van der Waals surface area contributed by atoms with Gasteiger partial charge in [0.25, 0.3) is 0 Å². The Kier molecular flexibility index (Phi) is 3.84. The molecule has 0 spiro atoms. The van der Waals surface area contributed by atoms with E-state index in [4.69, 9.17) is 4.74 Å². The Morgan fingerprint density at radius 1 is 1.41 bits per heavy atom. The topological polar surface area (TPSA) is 27.1 Å². The summed E-state index contributed by atoms with van der Waals surface area (Å²) in [7, 11) is 1.92. The first kappa shape index (κ1) is 12.2. The van der Waals surface area contributed by atoms with Gasteiger partial charge in [-0.3, -0.25) is 4.68 Å². The molecule has 0 fully saturated rings. The van der Waals surface area contributed by atoms with Gasteiger partial charge in [0.2, 0.25) is 0 Å². The predicted molar refractivity (Wildman–Crippen MR) is 71.3 cm³/mol. The van der Waals surface area contributed by atoms with E-state index in [1.54, 1.807) is 4.68 Å². The van der Waals surface area contributed by atoms with E-state index in [-0.39, 0.29) is 0 Å². The number of hydrogen-bond donors (Lipinski definition) is 0. The van der Waals surface area contributed by atoms with Crippen LogP contribution in [0.1, 0.15) is 11.1 Å². The lowest BCUT2D eigenvalue weighted by molar-refractivity contribution is 0.321. The molecule has 0 amide bonds. The maximum Gasteiger partial charge on any atom is 0.119 e. The minimum atomic E-state index is 0.673. The van der Waals surface area contributed by atoms with Gasteiger partial charge < -0.3 is 4.74 Å². The third-order valence-corrected chi connectivity index (χ3v) is 3.44. The molecule has 0 saturated carbocycles. The molecule has 3 nitrogen and oxygen atoms in total. The maximum atomic E-state index is 5.70. The van der Waals surface area contributed by atoms with Crippen molar-refractivity contribution in [1.29, 1.82) is 0 Å². The smallest absolute Gasteiger partial charge is 0.119 e. The number of rotatable bonds is 4. The largest absolute Gasteiger partial charge is 0.493 e. The van der Waals surface area contributed by atoms with E-state index in [0.29, 0.717) is 6.61 Å². The van der Waals surface area contributed by atoms with Gasteiger partial charge in [0, 0.05) is 24.1 Å². The van der Waals surface area contributed by atoms with Crippen molar-refractivity contribution < 1.29 is 4.74 Å². The zero-order valence-electron chi connectivity index (χ0n) is 9.98. The van der Waals surface area contributed by atoms with Crippen LogP contribution in [0.15, 0.2) is 35.1 Å². The lowest BCUT2D eigenvalue weighted by Crippen LogP contribution is -2.00. The molecule has 0 aliphatic heterocycles. The maximum absolute atomic E-state index is 5.70. The Morgan fingerprint density at radius 2 is 2.24 bits per heavy atom. The van der Waals surface area contributed by atoms with Crippen LogP contribution >= 0.6 is 15.9 Å². The predicted octanol–water partition coefficient (Wildman–Crippen LogP) is 3.11. The first-order chi connectivity index (χ1) is 8.15. The third kappa shape index (κ3) is 3.33. The fourth-order valence-electron chi connectivity index (χ4n) is 1.59. The van der Waals surface area contributed by atoms with Gasteiger partial charge in [-0.2, -0.15) is 5.10 Å². The van der Waals surface area contributed by atoms with Gasteiger partial charge in [0.05, 0.1) is 12.8 Å². The van der Waals surface area contributed by atoms with Crippen LogP contribution in [-0.4, -0.2) is 16.4 Å². The summed E-state index contributed by atoms with van der Waals surface area (Å²) in [6.07, 6.45) is 4.76. The van der Waals surface area contributed by atoms with E-state index in [9.17, 15) is 0 Å². The molecule has 0 unspecified atom stereocenters. The normalized spacial score (nSPS) is 10.5. The van der Waals surface area contributed by atoms with Crippen LogP contribution < -0.4 is 4.74 Å². The molecule has 2 aromatic rings. The first-order valence-electron chi connectivity index (χ1n) is 5.51. The van der Waals surface area contributed by atoms with Gasteiger partial charge in [-0.15, -0.1) is 0 Å². The van der Waals surface area contributed by atoms with Crippen molar-refractivity contribution >= 4 is 15.9 Å². The molecule has 0 aliphatic rings. The van der Waals surface area contributed by atoms with Crippen LogP contribution in [0, 0.1) is 6.92 Å². The molecule has 2 rings (SSSR count). The van der Waals surface area contributed by atoms with Crippen molar-refractivity contribution in [3.63, 3.8) is 0 Å². The SMILES string of the molecule is Cc1cc(OCCc2cnn(C)c2)ccc1Br. The minimum Gasteiger partial charge on any atom is -0.493 e. The fourth-order valence-corrected chi connectivity index (χ4v) is 1.84. The highest BCUT2D eigenvalue weighted by Gasteiger charge is 2.00. The molecular formula is C13H15BrN2O. The Hall–Kier alpha value is -1.29. The number of ether oxygens (including phenoxy) is 1. The summed E-state index contributed by atoms with van der Waals surface area (Å²) in [6, 6.07) is 6.02. The lowest BCUT2D eigenvalue weighted by atomic mass is 10.2. The lowest BCUT2D eigenvalue weighted by Gasteiger charge is -2.06. The number of aromatic nitrogens is 2. The Bertz CT molecular complexity index is 508. The number of nitrogens with zero attached hydrogens (tertiary/aromatic N) is 2. The summed E-state index contributed by atoms with van der Waals surface area (Å²) in [5.74, 6) is 0.912. The highest BCUT2D eigenvalue weighted by atomic mass is 79.9. The molecule has 0 atom stereocenters. The molecule has 90 valence electrons. The van der Waals surface area contributed by atoms with Crippen LogP contribution in [0.4, 0.5) is 0 Å². The average molecular weight is 295 g/mol. The molecule has 0 saturated heterocycles. The molecule has 0 aliphatic carbocycles. The van der Waals surface area contributed by atoms with E-state index in [1.165, 1.54) is 11.1 Å². The van der Waals surface area contributed by atoms with Crippen molar-refractivity contribution in [2.24, 2.45) is 7.05 Å². The van der Waals surface area contributed by atoms with E-state index in [2.05, 4.69) is 28.0 Å². The molecule has 4 heteroatoms. The first-order valence-corrected chi connectivity index (χ1v) is 6.31. The number of hydrogen-bond acceptors (Lipinski definition) is 2. The molecule has 0 N–H and O–H groups in total. The minimum absolute atomic E-state index is 0.673. The van der Waals surface area contributed by atoms with E-state index in [1.807, 2.05) is 37.6 Å². The van der Waals surface area contributed by atoms with Crippen molar-refractivity contribution in [1.82, 2.24) is 9.78 Å². The van der Waals surface area contributed by atoms with Gasteiger partial charge >= 0.3 is 0 Å². The molecule has 1 heterocycles. The Labute approximate surface area is 110 Å². The number of aryl methyl sites for hydroxylation is 2. The van der Waals surface area contributed by atoms with Crippen molar-refractivity contribution in [3.8, 4) is 5.75 Å². The van der Waals surface area contributed by atoms with Crippen LogP contribution in [0.25, 0.3) is 0 Å². The van der Waals surface area contributed by atoms with Gasteiger partial charge in [0.1, 0.15) is 5.75 Å². The zero-order chi connectivity index (χ0) is 12.3. The fraction of sp³-hybridized carbons (Fsp3) is 0.308. The molecule has 1 aromatic heterocycles. The van der Waals surface area contributed by atoms with Crippen molar-refractivity contribution in [3.05, 3.63) is 46.2 Å². The van der Waals surface area contributed by atoms with Gasteiger partial charge in [0.15, 0.2) is 0 Å². The summed E-state index contributed by atoms with van der Waals surface area (Å²) in [5, 5.41) is 4.12. The van der Waals surface area contributed by atoms with Gasteiger partial charge in [-0.05, 0) is 36.2 Å².